The number of rotatable bonds is 1. The lowest BCUT2D eigenvalue weighted by Crippen LogP contribution is -1.82. The standard InChI is InChI=1S/C17H11NO3/c19-10-7-8-14-16(9-10)21-18-17(14)13-5-1-4-12-11(13)3-2-6-15(12)20/h1-9,19-20H. The molecular formula is C17H11NO3. The third kappa shape index (κ3) is 1.73. The maximum Gasteiger partial charge on any atom is 0.171 e. The van der Waals surface area contributed by atoms with Gasteiger partial charge in [-0.1, -0.05) is 35.5 Å². The van der Waals surface area contributed by atoms with Crippen LogP contribution in [0.3, 0.4) is 0 Å². The third-order valence-electron chi connectivity index (χ3n) is 3.61. The van der Waals surface area contributed by atoms with E-state index in [4.69, 9.17) is 4.52 Å². The Labute approximate surface area is 119 Å². The zero-order valence-electron chi connectivity index (χ0n) is 10.9. The topological polar surface area (TPSA) is 66.5 Å². The second-order valence-corrected chi connectivity index (χ2v) is 4.89. The van der Waals surface area contributed by atoms with Crippen molar-refractivity contribution in [3.05, 3.63) is 54.6 Å². The Morgan fingerprint density at radius 3 is 2.52 bits per heavy atom. The van der Waals surface area contributed by atoms with Gasteiger partial charge in [-0.05, 0) is 23.6 Å². The largest absolute Gasteiger partial charge is 0.508 e. The molecule has 21 heavy (non-hydrogen) atoms. The van der Waals surface area contributed by atoms with E-state index in [1.165, 1.54) is 6.07 Å². The van der Waals surface area contributed by atoms with Crippen LogP contribution in [-0.2, 0) is 0 Å². The predicted molar refractivity (Wildman–Crippen MR) is 80.3 cm³/mol. The Morgan fingerprint density at radius 2 is 1.62 bits per heavy atom. The first-order chi connectivity index (χ1) is 10.2. The van der Waals surface area contributed by atoms with Crippen molar-refractivity contribution in [1.82, 2.24) is 5.16 Å². The van der Waals surface area contributed by atoms with Gasteiger partial charge in [0.05, 0.1) is 0 Å². The molecule has 2 N–H and O–H groups in total. The van der Waals surface area contributed by atoms with Crippen LogP contribution in [-0.4, -0.2) is 15.4 Å². The van der Waals surface area contributed by atoms with Crippen LogP contribution >= 0.6 is 0 Å². The number of benzene rings is 3. The van der Waals surface area contributed by atoms with E-state index in [9.17, 15) is 10.2 Å². The van der Waals surface area contributed by atoms with Gasteiger partial charge in [-0.2, -0.15) is 0 Å². The van der Waals surface area contributed by atoms with Gasteiger partial charge in [0.1, 0.15) is 17.2 Å². The highest BCUT2D eigenvalue weighted by molar-refractivity contribution is 6.04. The molecule has 0 unspecified atom stereocenters. The third-order valence-corrected chi connectivity index (χ3v) is 3.61. The molecule has 0 aliphatic heterocycles. The van der Waals surface area contributed by atoms with Crippen molar-refractivity contribution in [2.45, 2.75) is 0 Å². The number of aromatic nitrogens is 1. The molecule has 4 aromatic rings. The minimum Gasteiger partial charge on any atom is -0.508 e. The van der Waals surface area contributed by atoms with Gasteiger partial charge < -0.3 is 14.7 Å². The molecule has 0 saturated heterocycles. The summed E-state index contributed by atoms with van der Waals surface area (Å²) in [7, 11) is 0. The number of nitrogens with zero attached hydrogens (tertiary/aromatic N) is 1. The van der Waals surface area contributed by atoms with Crippen molar-refractivity contribution in [1.29, 1.82) is 0 Å². The number of hydrogen-bond donors (Lipinski definition) is 2. The van der Waals surface area contributed by atoms with E-state index in [-0.39, 0.29) is 11.5 Å². The molecule has 0 amide bonds. The van der Waals surface area contributed by atoms with Gasteiger partial charge in [-0.15, -0.1) is 0 Å². The van der Waals surface area contributed by atoms with Crippen LogP contribution in [0.5, 0.6) is 11.5 Å². The van der Waals surface area contributed by atoms with Crippen LogP contribution in [0.1, 0.15) is 0 Å². The minimum absolute atomic E-state index is 0.140. The van der Waals surface area contributed by atoms with E-state index in [2.05, 4.69) is 5.16 Å². The summed E-state index contributed by atoms with van der Waals surface area (Å²) in [5.41, 5.74) is 2.11. The smallest absolute Gasteiger partial charge is 0.171 e. The summed E-state index contributed by atoms with van der Waals surface area (Å²) in [5, 5.41) is 26.1. The van der Waals surface area contributed by atoms with Crippen molar-refractivity contribution < 1.29 is 14.7 Å². The molecule has 0 saturated carbocycles. The summed E-state index contributed by atoms with van der Waals surface area (Å²) < 4.78 is 5.29. The fourth-order valence-corrected chi connectivity index (χ4v) is 2.62. The van der Waals surface area contributed by atoms with Crippen LogP contribution in [0.25, 0.3) is 33.0 Å². The Morgan fingerprint density at radius 1 is 0.810 bits per heavy atom. The zero-order valence-corrected chi connectivity index (χ0v) is 10.9. The molecule has 0 fully saturated rings. The molecule has 4 rings (SSSR count). The number of phenols is 2. The lowest BCUT2D eigenvalue weighted by atomic mass is 9.99. The summed E-state index contributed by atoms with van der Waals surface area (Å²) in [6, 6.07) is 16.0. The molecule has 1 heterocycles. The average Bonchev–Trinajstić information content (AvgIpc) is 2.90. The first kappa shape index (κ1) is 11.8. The maximum atomic E-state index is 9.97. The van der Waals surface area contributed by atoms with E-state index in [1.54, 1.807) is 24.3 Å². The van der Waals surface area contributed by atoms with Crippen molar-refractivity contribution in [2.24, 2.45) is 0 Å². The van der Waals surface area contributed by atoms with E-state index in [1.807, 2.05) is 24.3 Å². The van der Waals surface area contributed by atoms with Crippen molar-refractivity contribution in [3.8, 4) is 22.8 Å². The van der Waals surface area contributed by atoms with E-state index < -0.39 is 0 Å². The Hall–Kier alpha value is -3.01. The number of fused-ring (bicyclic) bond motifs is 2. The highest BCUT2D eigenvalue weighted by Crippen LogP contribution is 2.36. The van der Waals surface area contributed by atoms with Gasteiger partial charge in [-0.3, -0.25) is 0 Å². The SMILES string of the molecule is Oc1ccc2c(-c3cccc4c(O)cccc34)noc2c1. The molecule has 4 heteroatoms. The Kier molecular flexibility index (Phi) is 2.38. The molecule has 4 nitrogen and oxygen atoms in total. The van der Waals surface area contributed by atoms with E-state index in [0.717, 1.165) is 21.7 Å². The monoisotopic (exact) mass is 277 g/mol. The van der Waals surface area contributed by atoms with Crippen LogP contribution in [0.4, 0.5) is 0 Å². The molecule has 0 spiro atoms. The summed E-state index contributed by atoms with van der Waals surface area (Å²) in [5.74, 6) is 0.376. The summed E-state index contributed by atoms with van der Waals surface area (Å²) >= 11 is 0. The Bertz CT molecular complexity index is 972. The van der Waals surface area contributed by atoms with Gasteiger partial charge in [0.2, 0.25) is 0 Å². The van der Waals surface area contributed by atoms with Gasteiger partial charge in [-0.25, -0.2) is 0 Å². The average molecular weight is 277 g/mol. The van der Waals surface area contributed by atoms with Crippen molar-refractivity contribution in [3.63, 3.8) is 0 Å². The molecule has 0 bridgehead atoms. The molecule has 3 aromatic carbocycles. The molecule has 0 aliphatic carbocycles. The molecule has 0 aliphatic rings. The molecule has 0 radical (unpaired) electrons. The highest BCUT2D eigenvalue weighted by atomic mass is 16.5. The van der Waals surface area contributed by atoms with Crippen LogP contribution in [0, 0.1) is 0 Å². The fourth-order valence-electron chi connectivity index (χ4n) is 2.62. The summed E-state index contributed by atoms with van der Waals surface area (Å²) in [6.45, 7) is 0. The second kappa shape index (κ2) is 4.24. The van der Waals surface area contributed by atoms with Crippen LogP contribution in [0.15, 0.2) is 59.1 Å². The van der Waals surface area contributed by atoms with E-state index >= 15 is 0 Å². The summed E-state index contributed by atoms with van der Waals surface area (Å²) in [4.78, 5) is 0. The normalized spacial score (nSPS) is 11.2. The quantitative estimate of drug-likeness (QED) is 0.550. The molecular weight excluding hydrogens is 266 g/mol. The van der Waals surface area contributed by atoms with Gasteiger partial charge in [0.15, 0.2) is 5.58 Å². The van der Waals surface area contributed by atoms with Gasteiger partial charge >= 0.3 is 0 Å². The number of phenolic OH excluding ortho intramolecular Hbond substituents is 2. The first-order valence-electron chi connectivity index (χ1n) is 6.53. The van der Waals surface area contributed by atoms with Crippen LogP contribution < -0.4 is 0 Å². The van der Waals surface area contributed by atoms with E-state index in [0.29, 0.717) is 11.3 Å². The maximum absolute atomic E-state index is 9.97. The minimum atomic E-state index is 0.140. The second-order valence-electron chi connectivity index (χ2n) is 4.89. The predicted octanol–water partition coefficient (Wildman–Crippen LogP) is 4.06. The molecule has 0 atom stereocenters. The zero-order chi connectivity index (χ0) is 14.4. The molecule has 1 aromatic heterocycles. The summed E-state index contributed by atoms with van der Waals surface area (Å²) in [6.07, 6.45) is 0. The fraction of sp³-hybridized carbons (Fsp3) is 0. The Balaban J connectivity index is 2.07. The van der Waals surface area contributed by atoms with Crippen LogP contribution in [0.2, 0.25) is 0 Å². The van der Waals surface area contributed by atoms with Crippen molar-refractivity contribution >= 4 is 21.7 Å². The van der Waals surface area contributed by atoms with Gasteiger partial charge in [0, 0.05) is 22.4 Å². The number of aromatic hydroxyl groups is 2. The first-order valence-corrected chi connectivity index (χ1v) is 6.53. The van der Waals surface area contributed by atoms with Gasteiger partial charge in [0.25, 0.3) is 0 Å². The molecule has 102 valence electrons. The lowest BCUT2D eigenvalue weighted by Gasteiger charge is -2.05. The highest BCUT2D eigenvalue weighted by Gasteiger charge is 2.14. The number of hydrogen-bond acceptors (Lipinski definition) is 4. The van der Waals surface area contributed by atoms with Crippen molar-refractivity contribution in [2.75, 3.05) is 0 Å². The lowest BCUT2D eigenvalue weighted by molar-refractivity contribution is 0.451.